The molecule has 0 radical (unpaired) electrons. The molecular weight excluding hydrogens is 643 g/mol. The van der Waals surface area contributed by atoms with Crippen molar-refractivity contribution in [2.45, 2.75) is 27.2 Å². The number of anilines is 2. The van der Waals surface area contributed by atoms with Crippen LogP contribution in [-0.2, 0) is 16.0 Å². The summed E-state index contributed by atoms with van der Waals surface area (Å²) in [7, 11) is 0. The molecule has 4 aromatic carbocycles. The molecule has 206 valence electrons. The molecule has 0 N–H and O–H groups in total. The first-order valence-corrected chi connectivity index (χ1v) is 14.8. The Morgan fingerprint density at radius 3 is 1.85 bits per heavy atom. The number of aryl methyl sites for hydroxylation is 2. The van der Waals surface area contributed by atoms with Crippen molar-refractivity contribution in [2.24, 2.45) is 0 Å². The van der Waals surface area contributed by atoms with Crippen LogP contribution in [0.1, 0.15) is 34.7 Å². The highest BCUT2D eigenvalue weighted by Crippen LogP contribution is 2.33. The van der Waals surface area contributed by atoms with Crippen LogP contribution in [-0.4, -0.2) is 23.5 Å². The van der Waals surface area contributed by atoms with E-state index in [1.807, 2.05) is 55.5 Å². The summed E-state index contributed by atoms with van der Waals surface area (Å²) >= 11 is 8.03. The number of carbonyl (C=O) groups is 2. The molecule has 0 spiro atoms. The molecule has 0 bridgehead atoms. The predicted molar refractivity (Wildman–Crippen MR) is 177 cm³/mol. The molecule has 1 heterocycles. The zero-order valence-corrected chi connectivity index (χ0v) is 26.0. The van der Waals surface area contributed by atoms with Crippen LogP contribution in [0.4, 0.5) is 11.4 Å². The van der Waals surface area contributed by atoms with Gasteiger partial charge in [0.05, 0.1) is 18.0 Å². The lowest BCUT2D eigenvalue weighted by Gasteiger charge is -2.36. The average molecular weight is 673 g/mol. The van der Waals surface area contributed by atoms with Gasteiger partial charge in [-0.25, -0.2) is 0 Å². The van der Waals surface area contributed by atoms with E-state index in [0.29, 0.717) is 30.0 Å². The maximum absolute atomic E-state index is 13.9. The number of rotatable bonds is 7. The molecule has 1 aliphatic rings. The van der Waals surface area contributed by atoms with Crippen molar-refractivity contribution >= 4 is 69.2 Å². The van der Waals surface area contributed by atoms with Crippen LogP contribution >= 0.6 is 34.8 Å². The van der Waals surface area contributed by atoms with Crippen LogP contribution in [0, 0.1) is 17.4 Å². The minimum atomic E-state index is -0.467. The van der Waals surface area contributed by atoms with E-state index in [9.17, 15) is 9.59 Å². The van der Waals surface area contributed by atoms with Gasteiger partial charge in [0, 0.05) is 15.6 Å². The molecule has 5 nitrogen and oxygen atoms in total. The van der Waals surface area contributed by atoms with E-state index in [4.69, 9.17) is 17.0 Å². The van der Waals surface area contributed by atoms with E-state index in [2.05, 4.69) is 54.6 Å². The van der Waals surface area contributed by atoms with Gasteiger partial charge in [-0.05, 0) is 109 Å². The van der Waals surface area contributed by atoms with Gasteiger partial charge in [-0.3, -0.25) is 19.4 Å². The number of nitrogens with zero attached hydrogens (tertiary/aromatic N) is 2. The Balaban J connectivity index is 1.60. The Kier molecular flexibility index (Phi) is 8.65. The van der Waals surface area contributed by atoms with Crippen LogP contribution < -0.4 is 14.5 Å². The summed E-state index contributed by atoms with van der Waals surface area (Å²) in [5, 5.41) is 0.114. The lowest BCUT2D eigenvalue weighted by Crippen LogP contribution is -2.56. The molecule has 0 aromatic heterocycles. The Hall–Kier alpha value is -3.82. The summed E-state index contributed by atoms with van der Waals surface area (Å²) in [4.78, 5) is 30.6. The minimum absolute atomic E-state index is 0.0200. The number of amides is 2. The van der Waals surface area contributed by atoms with Crippen LogP contribution in [0.15, 0.2) is 96.6 Å². The Bertz CT molecular complexity index is 1580. The second-order valence-electron chi connectivity index (χ2n) is 9.88. The van der Waals surface area contributed by atoms with Gasteiger partial charge < -0.3 is 4.74 Å². The van der Waals surface area contributed by atoms with E-state index in [0.717, 1.165) is 14.9 Å². The lowest BCUT2D eigenvalue weighted by molar-refractivity contribution is -0.120. The zero-order valence-electron chi connectivity index (χ0n) is 23.1. The normalized spacial score (nSPS) is 13.6. The SMILES string of the molecule is CCOc1cc(C=C2C(=O)N(c3ccccc3)C(=S)N(c3ccccc3)C2=O)cc(I)c1Cc1cc(C)cc(C)c1. The summed E-state index contributed by atoms with van der Waals surface area (Å²) in [6.07, 6.45) is 2.35. The molecule has 0 unspecified atom stereocenters. The third kappa shape index (κ3) is 6.11. The van der Waals surface area contributed by atoms with Crippen LogP contribution in [0.5, 0.6) is 5.75 Å². The van der Waals surface area contributed by atoms with Crippen molar-refractivity contribution in [3.05, 3.63) is 128 Å². The van der Waals surface area contributed by atoms with E-state index in [1.54, 1.807) is 30.3 Å². The number of carbonyl (C=O) groups excluding carboxylic acids is 2. The highest BCUT2D eigenvalue weighted by molar-refractivity contribution is 14.1. The first-order valence-electron chi connectivity index (χ1n) is 13.3. The highest BCUT2D eigenvalue weighted by Gasteiger charge is 2.41. The molecular formula is C34H29IN2O3S. The van der Waals surface area contributed by atoms with Crippen LogP contribution in [0.2, 0.25) is 0 Å². The van der Waals surface area contributed by atoms with Gasteiger partial charge in [0.15, 0.2) is 5.11 Å². The quantitative estimate of drug-likeness (QED) is 0.0877. The fourth-order valence-electron chi connectivity index (χ4n) is 5.05. The van der Waals surface area contributed by atoms with Gasteiger partial charge in [0.1, 0.15) is 11.3 Å². The van der Waals surface area contributed by atoms with Gasteiger partial charge in [0.25, 0.3) is 11.8 Å². The molecule has 2 amide bonds. The fraction of sp³-hybridized carbons (Fsp3) is 0.147. The first kappa shape index (κ1) is 28.7. The molecule has 41 heavy (non-hydrogen) atoms. The summed E-state index contributed by atoms with van der Waals surface area (Å²) < 4.78 is 7.08. The molecule has 1 fully saturated rings. The second-order valence-corrected chi connectivity index (χ2v) is 11.4. The highest BCUT2D eigenvalue weighted by atomic mass is 127. The van der Waals surface area contributed by atoms with Crippen molar-refractivity contribution in [1.82, 2.24) is 0 Å². The van der Waals surface area contributed by atoms with Crippen LogP contribution in [0.25, 0.3) is 6.08 Å². The van der Waals surface area contributed by atoms with Crippen molar-refractivity contribution in [1.29, 1.82) is 0 Å². The molecule has 0 atom stereocenters. The van der Waals surface area contributed by atoms with Gasteiger partial charge in [0.2, 0.25) is 0 Å². The smallest absolute Gasteiger partial charge is 0.270 e. The number of hydrogen-bond acceptors (Lipinski definition) is 4. The number of benzene rings is 4. The molecule has 1 saturated heterocycles. The standard InChI is InChI=1S/C34H29IN2O3S/c1-4-40-31-21-25(20-30(35)28(31)18-24-16-22(2)15-23(3)17-24)19-29-32(38)36(26-11-7-5-8-12-26)34(41)37(33(29)39)27-13-9-6-10-14-27/h5-17,19-21H,4,18H2,1-3H3. The van der Waals surface area contributed by atoms with Gasteiger partial charge in [-0.2, -0.15) is 0 Å². The second kappa shape index (κ2) is 12.4. The van der Waals surface area contributed by atoms with Crippen LogP contribution in [0.3, 0.4) is 0 Å². The maximum Gasteiger partial charge on any atom is 0.270 e. The first-order chi connectivity index (χ1) is 19.8. The van der Waals surface area contributed by atoms with Crippen molar-refractivity contribution in [3.8, 4) is 5.75 Å². The van der Waals surface area contributed by atoms with Crippen molar-refractivity contribution in [3.63, 3.8) is 0 Å². The summed E-state index contributed by atoms with van der Waals surface area (Å²) in [5.41, 5.74) is 6.61. The van der Waals surface area contributed by atoms with E-state index < -0.39 is 11.8 Å². The molecule has 0 saturated carbocycles. The monoisotopic (exact) mass is 672 g/mol. The fourth-order valence-corrected chi connectivity index (χ4v) is 6.24. The third-order valence-electron chi connectivity index (χ3n) is 6.73. The Labute approximate surface area is 259 Å². The number of halogens is 1. The van der Waals surface area contributed by atoms with Crippen molar-refractivity contribution < 1.29 is 14.3 Å². The summed E-state index contributed by atoms with van der Waals surface area (Å²) in [5.74, 6) is -0.201. The number of para-hydroxylation sites is 2. The third-order valence-corrected chi connectivity index (χ3v) is 8.06. The Morgan fingerprint density at radius 2 is 1.34 bits per heavy atom. The largest absolute Gasteiger partial charge is 0.494 e. The maximum atomic E-state index is 13.9. The molecule has 0 aliphatic carbocycles. The number of thiocarbonyl (C=S) groups is 1. The van der Waals surface area contributed by atoms with Gasteiger partial charge >= 0.3 is 0 Å². The molecule has 7 heteroatoms. The summed E-state index contributed by atoms with van der Waals surface area (Å²) in [6, 6.07) is 28.7. The van der Waals surface area contributed by atoms with E-state index in [-0.39, 0.29) is 10.7 Å². The van der Waals surface area contributed by atoms with E-state index in [1.165, 1.54) is 26.5 Å². The van der Waals surface area contributed by atoms with Gasteiger partial charge in [-0.15, -0.1) is 0 Å². The Morgan fingerprint density at radius 1 is 0.805 bits per heavy atom. The topological polar surface area (TPSA) is 49.9 Å². The molecule has 5 rings (SSSR count). The average Bonchev–Trinajstić information content (AvgIpc) is 2.94. The number of ether oxygens (including phenoxy) is 1. The van der Waals surface area contributed by atoms with E-state index >= 15 is 0 Å². The summed E-state index contributed by atoms with van der Waals surface area (Å²) in [6.45, 7) is 6.64. The molecule has 1 aliphatic heterocycles. The zero-order chi connectivity index (χ0) is 29.1. The van der Waals surface area contributed by atoms with Gasteiger partial charge in [-0.1, -0.05) is 65.7 Å². The van der Waals surface area contributed by atoms with Crippen molar-refractivity contribution in [2.75, 3.05) is 16.4 Å². The number of hydrogen-bond donors (Lipinski definition) is 0. The predicted octanol–water partition coefficient (Wildman–Crippen LogP) is 7.65. The lowest BCUT2D eigenvalue weighted by atomic mass is 9.98. The minimum Gasteiger partial charge on any atom is -0.494 e. The molecule has 4 aromatic rings.